The van der Waals surface area contributed by atoms with Crippen molar-refractivity contribution in [1.29, 1.82) is 0 Å². The van der Waals surface area contributed by atoms with Crippen LogP contribution in [0.5, 0.6) is 0 Å². The highest BCUT2D eigenvalue weighted by atomic mass is 35.5. The average molecular weight is 506 g/mol. The van der Waals surface area contributed by atoms with Crippen molar-refractivity contribution in [3.63, 3.8) is 0 Å². The van der Waals surface area contributed by atoms with E-state index in [4.69, 9.17) is 11.6 Å². The zero-order chi connectivity index (χ0) is 24.1. The number of halogens is 1. The number of hydrogen-bond acceptors (Lipinski definition) is 8. The third-order valence-electron chi connectivity index (χ3n) is 5.22. The molecule has 9 nitrogen and oxygen atoms in total. The Labute approximate surface area is 197 Å². The molecule has 0 saturated heterocycles. The fourth-order valence-electron chi connectivity index (χ4n) is 3.43. The number of nitrogens with zero attached hydrogens (tertiary/aromatic N) is 3. The molecule has 33 heavy (non-hydrogen) atoms. The van der Waals surface area contributed by atoms with Gasteiger partial charge in [0.1, 0.15) is 10.9 Å². The number of carbonyl (C=O) groups excluding carboxylic acids is 1. The Morgan fingerprint density at radius 2 is 1.73 bits per heavy atom. The first kappa shape index (κ1) is 22.9. The Morgan fingerprint density at radius 3 is 2.24 bits per heavy atom. The van der Waals surface area contributed by atoms with Gasteiger partial charge in [-0.3, -0.25) is 19.8 Å². The minimum atomic E-state index is -4.35. The predicted octanol–water partition coefficient (Wildman–Crippen LogP) is 4.65. The van der Waals surface area contributed by atoms with E-state index in [-0.39, 0.29) is 21.3 Å². The van der Waals surface area contributed by atoms with E-state index in [0.29, 0.717) is 10.7 Å². The Morgan fingerprint density at radius 1 is 1.12 bits per heavy atom. The third kappa shape index (κ3) is 3.88. The van der Waals surface area contributed by atoms with Gasteiger partial charge in [-0.15, -0.1) is 11.3 Å². The largest absolute Gasteiger partial charge is 0.502 e. The summed E-state index contributed by atoms with van der Waals surface area (Å²) in [4.78, 5) is 29.2. The number of aryl methyl sites for hydroxylation is 2. The van der Waals surface area contributed by atoms with Crippen LogP contribution in [0.25, 0.3) is 0 Å². The number of non-ortho nitro benzene ring substituents is 1. The van der Waals surface area contributed by atoms with Crippen molar-refractivity contribution in [1.82, 2.24) is 4.98 Å². The van der Waals surface area contributed by atoms with Gasteiger partial charge in [0, 0.05) is 22.0 Å². The van der Waals surface area contributed by atoms with E-state index >= 15 is 0 Å². The van der Waals surface area contributed by atoms with Gasteiger partial charge in [-0.2, -0.15) is 0 Å². The average Bonchev–Trinajstić information content (AvgIpc) is 3.24. The highest BCUT2D eigenvalue weighted by molar-refractivity contribution is 7.95. The first-order valence-corrected chi connectivity index (χ1v) is 12.2. The summed E-state index contributed by atoms with van der Waals surface area (Å²) >= 11 is 7.05. The number of anilines is 1. The molecule has 1 atom stereocenters. The minimum absolute atomic E-state index is 0.165. The summed E-state index contributed by atoms with van der Waals surface area (Å²) < 4.78 is 27.1. The van der Waals surface area contributed by atoms with E-state index in [1.54, 1.807) is 13.8 Å². The molecular weight excluding hydrogens is 490 g/mol. The van der Waals surface area contributed by atoms with Crippen molar-refractivity contribution in [2.45, 2.75) is 24.8 Å². The van der Waals surface area contributed by atoms with Crippen LogP contribution in [-0.4, -0.2) is 29.3 Å². The number of carbonyl (C=O) groups is 1. The van der Waals surface area contributed by atoms with Crippen molar-refractivity contribution >= 4 is 49.5 Å². The van der Waals surface area contributed by atoms with Crippen molar-refractivity contribution < 1.29 is 23.2 Å². The lowest BCUT2D eigenvalue weighted by Gasteiger charge is -2.24. The molecule has 2 aromatic carbocycles. The molecule has 2 heterocycles. The molecular formula is C21H16ClN3O6S2. The Balaban J connectivity index is 1.93. The Hall–Kier alpha value is -3.28. The Kier molecular flexibility index (Phi) is 5.72. The maximum Gasteiger partial charge on any atom is 0.296 e. The van der Waals surface area contributed by atoms with Gasteiger partial charge in [0.15, 0.2) is 10.9 Å². The standard InChI is InChI=1S/C21H16ClN3O6S2/c1-11-12(2)32-21(23-11)24-17(13-3-7-15(8-4-13)25(28)29)19(18(26)20(24)27)33(30,31)16-9-5-14(22)6-10-16/h3-10,17,26H,1-2H3. The Bertz CT molecular complexity index is 1390. The van der Waals surface area contributed by atoms with Crippen LogP contribution in [0.15, 0.2) is 64.1 Å². The van der Waals surface area contributed by atoms with Crippen LogP contribution in [0.4, 0.5) is 10.8 Å². The lowest BCUT2D eigenvalue weighted by atomic mass is 10.1. The monoisotopic (exact) mass is 505 g/mol. The number of rotatable bonds is 5. The number of aromatic nitrogens is 1. The fourth-order valence-corrected chi connectivity index (χ4v) is 6.12. The highest BCUT2D eigenvalue weighted by Gasteiger charge is 2.48. The van der Waals surface area contributed by atoms with Gasteiger partial charge in [-0.1, -0.05) is 11.6 Å². The summed E-state index contributed by atoms with van der Waals surface area (Å²) in [6, 6.07) is 9.16. The number of aliphatic hydroxyl groups excluding tert-OH is 1. The molecule has 1 aliphatic heterocycles. The van der Waals surface area contributed by atoms with Crippen LogP contribution < -0.4 is 4.90 Å². The van der Waals surface area contributed by atoms with Crippen molar-refractivity contribution in [2.75, 3.05) is 4.90 Å². The topological polar surface area (TPSA) is 131 Å². The summed E-state index contributed by atoms with van der Waals surface area (Å²) in [5, 5.41) is 22.3. The maximum absolute atomic E-state index is 13.5. The summed E-state index contributed by atoms with van der Waals surface area (Å²) in [5.41, 5.74) is 0.709. The van der Waals surface area contributed by atoms with Crippen LogP contribution in [0, 0.1) is 24.0 Å². The van der Waals surface area contributed by atoms with Crippen molar-refractivity contribution in [3.05, 3.63) is 90.5 Å². The molecule has 12 heteroatoms. The van der Waals surface area contributed by atoms with E-state index in [9.17, 15) is 28.4 Å². The number of nitro groups is 1. The minimum Gasteiger partial charge on any atom is -0.502 e. The van der Waals surface area contributed by atoms with Crippen molar-refractivity contribution in [2.24, 2.45) is 0 Å². The zero-order valence-corrected chi connectivity index (χ0v) is 19.6. The van der Waals surface area contributed by atoms with Crippen LogP contribution in [0.1, 0.15) is 22.2 Å². The molecule has 0 aliphatic carbocycles. The second-order valence-electron chi connectivity index (χ2n) is 7.23. The van der Waals surface area contributed by atoms with Crippen molar-refractivity contribution in [3.8, 4) is 0 Å². The lowest BCUT2D eigenvalue weighted by Crippen LogP contribution is -2.31. The first-order chi connectivity index (χ1) is 15.5. The number of nitro benzene ring substituents is 1. The number of thiazole rings is 1. The fraction of sp³-hybridized carbons (Fsp3) is 0.143. The van der Waals surface area contributed by atoms with Gasteiger partial charge in [-0.25, -0.2) is 13.4 Å². The van der Waals surface area contributed by atoms with E-state index in [0.717, 1.165) is 9.78 Å². The van der Waals surface area contributed by atoms with Gasteiger partial charge in [-0.05, 0) is 55.8 Å². The van der Waals surface area contributed by atoms with Crippen LogP contribution in [0.2, 0.25) is 5.02 Å². The lowest BCUT2D eigenvalue weighted by molar-refractivity contribution is -0.384. The molecule has 0 saturated carbocycles. The number of aliphatic hydroxyl groups is 1. The summed E-state index contributed by atoms with van der Waals surface area (Å²) in [7, 11) is -4.35. The SMILES string of the molecule is Cc1nc(N2C(=O)C(O)=C(S(=O)(=O)c3ccc(Cl)cc3)C2c2ccc([N+](=O)[O-])cc2)sc1C. The van der Waals surface area contributed by atoms with E-state index in [1.165, 1.54) is 59.9 Å². The second kappa shape index (κ2) is 8.25. The number of hydrogen-bond donors (Lipinski definition) is 1. The maximum atomic E-state index is 13.5. The molecule has 0 fully saturated rings. The zero-order valence-electron chi connectivity index (χ0n) is 17.2. The van der Waals surface area contributed by atoms with Crippen LogP contribution in [-0.2, 0) is 14.6 Å². The predicted molar refractivity (Wildman–Crippen MR) is 123 cm³/mol. The van der Waals surface area contributed by atoms with E-state index in [2.05, 4.69) is 4.98 Å². The number of sulfone groups is 1. The molecule has 0 bridgehead atoms. The van der Waals surface area contributed by atoms with Crippen LogP contribution >= 0.6 is 22.9 Å². The quantitative estimate of drug-likeness (QED) is 0.394. The number of benzene rings is 2. The molecule has 0 spiro atoms. The van der Waals surface area contributed by atoms with Gasteiger partial charge < -0.3 is 5.11 Å². The summed E-state index contributed by atoms with van der Waals surface area (Å²) in [5.74, 6) is -1.86. The molecule has 0 radical (unpaired) electrons. The molecule has 1 unspecified atom stereocenters. The molecule has 1 N–H and O–H groups in total. The molecule has 4 rings (SSSR count). The second-order valence-corrected chi connectivity index (χ2v) is 10.8. The molecule has 170 valence electrons. The summed E-state index contributed by atoms with van der Waals surface area (Å²) in [6.07, 6.45) is 0. The van der Waals surface area contributed by atoms with Gasteiger partial charge in [0.2, 0.25) is 9.84 Å². The summed E-state index contributed by atoms with van der Waals surface area (Å²) in [6.45, 7) is 3.55. The normalized spacial score (nSPS) is 16.5. The number of amides is 1. The molecule has 1 amide bonds. The molecule has 1 aliphatic rings. The van der Waals surface area contributed by atoms with Crippen LogP contribution in [0.3, 0.4) is 0 Å². The van der Waals surface area contributed by atoms with E-state index in [1.807, 2.05) is 0 Å². The first-order valence-electron chi connectivity index (χ1n) is 9.48. The van der Waals surface area contributed by atoms with Gasteiger partial charge in [0.25, 0.3) is 11.6 Å². The van der Waals surface area contributed by atoms with E-state index < -0.39 is 37.4 Å². The van der Waals surface area contributed by atoms with Gasteiger partial charge in [0.05, 0.1) is 15.5 Å². The highest BCUT2D eigenvalue weighted by Crippen LogP contribution is 2.46. The third-order valence-corrected chi connectivity index (χ3v) is 8.43. The van der Waals surface area contributed by atoms with Gasteiger partial charge >= 0.3 is 0 Å². The smallest absolute Gasteiger partial charge is 0.296 e. The molecule has 1 aromatic heterocycles. The molecule has 3 aromatic rings.